The number of nitrogens with zero attached hydrogens (tertiary/aromatic N) is 8. The summed E-state index contributed by atoms with van der Waals surface area (Å²) < 4.78 is 8.23. The lowest BCUT2D eigenvalue weighted by Crippen LogP contribution is -2.36. The minimum atomic E-state index is 0.629. The molecule has 5 heterocycles. The van der Waals surface area contributed by atoms with Gasteiger partial charge in [-0.25, -0.2) is 15.0 Å². The number of ether oxygens (including phenoxy) is 1. The molecule has 1 N–H and O–H groups in total. The van der Waals surface area contributed by atoms with Crippen LogP contribution in [0.3, 0.4) is 0 Å². The topological polar surface area (TPSA) is 98.3 Å². The van der Waals surface area contributed by atoms with E-state index in [9.17, 15) is 0 Å². The van der Waals surface area contributed by atoms with Crippen LogP contribution in [0.1, 0.15) is 31.2 Å². The van der Waals surface area contributed by atoms with Crippen molar-refractivity contribution in [3.63, 3.8) is 0 Å². The molecule has 2 aliphatic rings. The van der Waals surface area contributed by atoms with Crippen molar-refractivity contribution in [2.24, 2.45) is 13.0 Å². The maximum absolute atomic E-state index is 6.19. The Morgan fingerprint density at radius 1 is 0.925 bits per heavy atom. The number of hydrogen-bond donors (Lipinski definition) is 1. The largest absolute Gasteiger partial charge is 0.493 e. The van der Waals surface area contributed by atoms with Gasteiger partial charge in [-0.1, -0.05) is 24.3 Å². The number of piperidine rings is 1. The fourth-order valence-electron chi connectivity index (χ4n) is 5.44. The first-order chi connectivity index (χ1) is 19.7. The minimum absolute atomic E-state index is 0.629. The van der Waals surface area contributed by atoms with Crippen LogP contribution in [0.4, 0.5) is 5.82 Å². The van der Waals surface area contributed by atoms with Crippen LogP contribution in [0.25, 0.3) is 28.3 Å². The summed E-state index contributed by atoms with van der Waals surface area (Å²) in [5, 5.41) is 11.9. The number of aryl methyl sites for hydroxylation is 1. The van der Waals surface area contributed by atoms with E-state index in [2.05, 4.69) is 59.6 Å². The molecule has 204 valence electrons. The van der Waals surface area contributed by atoms with Gasteiger partial charge in [0.2, 0.25) is 0 Å². The second-order valence-electron chi connectivity index (χ2n) is 10.8. The minimum Gasteiger partial charge on any atom is -0.493 e. The van der Waals surface area contributed by atoms with Crippen LogP contribution in [0.5, 0.6) is 5.75 Å². The van der Waals surface area contributed by atoms with Crippen LogP contribution < -0.4 is 10.1 Å². The van der Waals surface area contributed by atoms with Gasteiger partial charge in [-0.15, -0.1) is 0 Å². The second kappa shape index (κ2) is 10.7. The second-order valence-corrected chi connectivity index (χ2v) is 10.8. The Kier molecular flexibility index (Phi) is 6.60. The van der Waals surface area contributed by atoms with Crippen molar-refractivity contribution in [1.82, 2.24) is 39.2 Å². The van der Waals surface area contributed by atoms with E-state index in [4.69, 9.17) is 4.74 Å². The van der Waals surface area contributed by atoms with E-state index in [1.54, 1.807) is 17.3 Å². The average molecular weight is 536 g/mol. The molecule has 10 heteroatoms. The van der Waals surface area contributed by atoms with Crippen molar-refractivity contribution in [3.05, 3.63) is 72.9 Å². The van der Waals surface area contributed by atoms with Crippen molar-refractivity contribution in [2.75, 3.05) is 25.0 Å². The number of nitrogens with one attached hydrogen (secondary N) is 1. The highest BCUT2D eigenvalue weighted by molar-refractivity contribution is 5.63. The smallest absolute Gasteiger partial charge is 0.140 e. The van der Waals surface area contributed by atoms with Crippen molar-refractivity contribution >= 4 is 11.5 Å². The molecule has 40 heavy (non-hydrogen) atoms. The Morgan fingerprint density at radius 3 is 2.55 bits per heavy atom. The van der Waals surface area contributed by atoms with Gasteiger partial charge in [-0.2, -0.15) is 15.0 Å². The lowest BCUT2D eigenvalue weighted by molar-refractivity contribution is 0.136. The van der Waals surface area contributed by atoms with E-state index in [1.807, 2.05) is 42.0 Å². The number of benzene rings is 1. The number of fused-ring (bicyclic) bond motifs is 1. The van der Waals surface area contributed by atoms with E-state index in [0.29, 0.717) is 12.5 Å². The summed E-state index contributed by atoms with van der Waals surface area (Å²) in [5.41, 5.74) is 5.60. The molecule has 0 radical (unpaired) electrons. The van der Waals surface area contributed by atoms with Gasteiger partial charge in [-0.05, 0) is 56.3 Å². The Bertz CT molecular complexity index is 1600. The maximum atomic E-state index is 6.19. The molecular weight excluding hydrogens is 502 g/mol. The molecule has 0 amide bonds. The molecule has 4 aromatic heterocycles. The highest BCUT2D eigenvalue weighted by Crippen LogP contribution is 2.31. The fourth-order valence-corrected chi connectivity index (χ4v) is 5.44. The SMILES string of the molecule is Cn1ncc(-c2ccc(CNc3cc(-c4cnc5cc(OCC6CCN(C7CC7)CC6)ccn45)ncn3)cc2)n1. The zero-order valence-electron chi connectivity index (χ0n) is 22.6. The van der Waals surface area contributed by atoms with Gasteiger partial charge < -0.3 is 15.0 Å². The van der Waals surface area contributed by atoms with E-state index in [1.165, 1.54) is 38.8 Å². The number of pyridine rings is 1. The molecule has 0 unspecified atom stereocenters. The first-order valence-corrected chi connectivity index (χ1v) is 14.0. The average Bonchev–Trinajstić information content (AvgIpc) is 3.62. The number of hydrogen-bond acceptors (Lipinski definition) is 8. The van der Waals surface area contributed by atoms with Crippen LogP contribution in [-0.2, 0) is 13.6 Å². The lowest BCUT2D eigenvalue weighted by atomic mass is 9.98. The van der Waals surface area contributed by atoms with Crippen LogP contribution in [0.2, 0.25) is 0 Å². The van der Waals surface area contributed by atoms with Crippen molar-refractivity contribution in [3.8, 4) is 28.4 Å². The molecule has 0 bridgehead atoms. The fraction of sp³-hybridized carbons (Fsp3) is 0.367. The maximum Gasteiger partial charge on any atom is 0.140 e. The molecule has 1 aliphatic carbocycles. The predicted molar refractivity (Wildman–Crippen MR) is 153 cm³/mol. The van der Waals surface area contributed by atoms with Crippen LogP contribution in [-0.4, -0.2) is 65.0 Å². The third-order valence-electron chi connectivity index (χ3n) is 7.94. The van der Waals surface area contributed by atoms with E-state index >= 15 is 0 Å². The monoisotopic (exact) mass is 535 g/mol. The van der Waals surface area contributed by atoms with E-state index in [0.717, 1.165) is 58.1 Å². The molecular formula is C30H33N9O. The van der Waals surface area contributed by atoms with Gasteiger partial charge in [0.05, 0.1) is 30.4 Å². The molecule has 0 spiro atoms. The van der Waals surface area contributed by atoms with Gasteiger partial charge in [0, 0.05) is 43.5 Å². The number of imidazole rings is 1. The third-order valence-corrected chi connectivity index (χ3v) is 7.94. The standard InChI is InChI=1S/C30H33N9O/c1-37-35-17-27(36-37)23-4-2-21(3-5-23)16-31-29-15-26(33-20-34-29)28-18-32-30-14-25(10-13-39(28)30)40-19-22-8-11-38(12-9-22)24-6-7-24/h2-5,10,13-15,17-18,20,22,24H,6-9,11-12,16,19H2,1H3,(H,31,33,34). The molecule has 1 saturated carbocycles. The highest BCUT2D eigenvalue weighted by atomic mass is 16.5. The number of likely N-dealkylation sites (tertiary alicyclic amines) is 1. The molecule has 5 aromatic rings. The summed E-state index contributed by atoms with van der Waals surface area (Å²) in [5.74, 6) is 2.25. The van der Waals surface area contributed by atoms with Gasteiger partial charge >= 0.3 is 0 Å². The molecule has 2 fully saturated rings. The summed E-state index contributed by atoms with van der Waals surface area (Å²) in [6.45, 7) is 3.84. The molecule has 1 saturated heterocycles. The van der Waals surface area contributed by atoms with Crippen molar-refractivity contribution in [2.45, 2.75) is 38.3 Å². The van der Waals surface area contributed by atoms with E-state index < -0.39 is 0 Å². The lowest BCUT2D eigenvalue weighted by Gasteiger charge is -2.31. The van der Waals surface area contributed by atoms with E-state index in [-0.39, 0.29) is 0 Å². The number of anilines is 1. The van der Waals surface area contributed by atoms with Crippen molar-refractivity contribution in [1.29, 1.82) is 0 Å². The molecule has 1 aromatic carbocycles. The zero-order chi connectivity index (χ0) is 26.9. The molecule has 1 aliphatic heterocycles. The zero-order valence-corrected chi connectivity index (χ0v) is 22.6. The van der Waals surface area contributed by atoms with Crippen LogP contribution in [0.15, 0.2) is 67.4 Å². The highest BCUT2D eigenvalue weighted by Gasteiger charge is 2.31. The van der Waals surface area contributed by atoms with Gasteiger partial charge in [0.15, 0.2) is 0 Å². The van der Waals surface area contributed by atoms with Gasteiger partial charge in [0.1, 0.15) is 29.2 Å². The Hall–Kier alpha value is -4.31. The molecule has 10 nitrogen and oxygen atoms in total. The molecule has 7 rings (SSSR count). The Labute approximate surface area is 233 Å². The summed E-state index contributed by atoms with van der Waals surface area (Å²) in [4.78, 5) is 17.8. The first-order valence-electron chi connectivity index (χ1n) is 14.0. The summed E-state index contributed by atoms with van der Waals surface area (Å²) in [6.07, 6.45) is 12.4. The van der Waals surface area contributed by atoms with Gasteiger partial charge in [-0.3, -0.25) is 4.40 Å². The van der Waals surface area contributed by atoms with Gasteiger partial charge in [0.25, 0.3) is 0 Å². The summed E-state index contributed by atoms with van der Waals surface area (Å²) >= 11 is 0. The summed E-state index contributed by atoms with van der Waals surface area (Å²) in [7, 11) is 1.82. The van der Waals surface area contributed by atoms with Crippen LogP contribution in [0, 0.1) is 5.92 Å². The first kappa shape index (κ1) is 24.7. The third kappa shape index (κ3) is 5.40. The predicted octanol–water partition coefficient (Wildman–Crippen LogP) is 4.45. The quantitative estimate of drug-likeness (QED) is 0.296. The number of rotatable bonds is 9. The van der Waals surface area contributed by atoms with Crippen molar-refractivity contribution < 1.29 is 4.74 Å². The Morgan fingerprint density at radius 2 is 1.77 bits per heavy atom. The molecule has 0 atom stereocenters. The normalized spacial score (nSPS) is 16.4. The number of aromatic nitrogens is 7. The Balaban J connectivity index is 0.976. The van der Waals surface area contributed by atoms with Crippen LogP contribution >= 0.6 is 0 Å². The summed E-state index contributed by atoms with van der Waals surface area (Å²) in [6, 6.07) is 15.1.